The van der Waals surface area contributed by atoms with E-state index in [0.29, 0.717) is 71.8 Å². The van der Waals surface area contributed by atoms with Crippen molar-refractivity contribution in [2.24, 2.45) is 0 Å². The van der Waals surface area contributed by atoms with Gasteiger partial charge >= 0.3 is 6.03 Å². The number of hydrogen-bond donors (Lipinski definition) is 2. The molecule has 1 aromatic heterocycles. The van der Waals surface area contributed by atoms with E-state index >= 15 is 0 Å². The number of amides is 3. The second-order valence-electron chi connectivity index (χ2n) is 15.5. The maximum atomic E-state index is 13.5. The normalized spacial score (nSPS) is 21.0. The van der Waals surface area contributed by atoms with Crippen LogP contribution in [0.5, 0.6) is 17.2 Å². The number of imide groups is 1. The quantitative estimate of drug-likeness (QED) is 0.102. The molecule has 2 atom stereocenters. The van der Waals surface area contributed by atoms with Crippen LogP contribution in [0, 0.1) is 11.3 Å². The van der Waals surface area contributed by atoms with Crippen LogP contribution in [0.3, 0.4) is 0 Å². The van der Waals surface area contributed by atoms with Crippen LogP contribution in [-0.2, 0) is 24.4 Å². The summed E-state index contributed by atoms with van der Waals surface area (Å²) in [6, 6.07) is 19.1. The molecule has 3 aromatic carbocycles. The van der Waals surface area contributed by atoms with Crippen molar-refractivity contribution in [2.75, 3.05) is 39.3 Å². The predicted molar refractivity (Wildman–Crippen MR) is 218 cm³/mol. The number of piperidine rings is 2. The summed E-state index contributed by atoms with van der Waals surface area (Å²) in [5.41, 5.74) is 5.09. The van der Waals surface area contributed by atoms with Gasteiger partial charge < -0.3 is 24.4 Å². The monoisotopic (exact) mass is 826 g/mol. The number of nitrogens with zero attached hydrogens (tertiary/aromatic N) is 4. The first kappa shape index (κ1) is 39.9. The molecule has 4 aromatic rings. The van der Waals surface area contributed by atoms with Crippen molar-refractivity contribution in [3.63, 3.8) is 0 Å². The van der Waals surface area contributed by atoms with Crippen LogP contribution in [0.15, 0.2) is 67.0 Å². The van der Waals surface area contributed by atoms with E-state index in [1.165, 1.54) is 6.20 Å². The summed E-state index contributed by atoms with van der Waals surface area (Å²) in [5, 5.41) is 15.6. The Morgan fingerprint density at radius 3 is 2.59 bits per heavy atom. The van der Waals surface area contributed by atoms with Crippen molar-refractivity contribution in [3.05, 3.63) is 105 Å². The molecule has 11 nitrogen and oxygen atoms in total. The molecule has 2 N–H and O–H groups in total. The number of likely N-dealkylation sites (tertiary alicyclic amines) is 2. The summed E-state index contributed by atoms with van der Waals surface area (Å²) in [7, 11) is 0. The number of nitriles is 1. The highest BCUT2D eigenvalue weighted by Gasteiger charge is 2.48. The number of fused-ring (bicyclic) bond motifs is 1. The van der Waals surface area contributed by atoms with E-state index < -0.39 is 17.7 Å². The van der Waals surface area contributed by atoms with Gasteiger partial charge in [-0.1, -0.05) is 53.5 Å². The Balaban J connectivity index is 0.999. The molecule has 1 unspecified atom stereocenters. The third kappa shape index (κ3) is 8.73. The third-order valence-corrected chi connectivity index (χ3v) is 12.2. The number of urea groups is 1. The zero-order chi connectivity index (χ0) is 40.2. The van der Waals surface area contributed by atoms with Gasteiger partial charge in [0.1, 0.15) is 47.7 Å². The molecule has 58 heavy (non-hydrogen) atoms. The Morgan fingerprint density at radius 1 is 0.948 bits per heavy atom. The maximum Gasteiger partial charge on any atom is 0.322 e. The molecular weight excluding hydrogens is 782 g/mol. The molecule has 14 heteroatoms. The Bertz CT molecular complexity index is 2230. The van der Waals surface area contributed by atoms with E-state index in [9.17, 15) is 19.2 Å². The molecule has 4 aliphatic rings. The smallest absolute Gasteiger partial charge is 0.322 e. The van der Waals surface area contributed by atoms with Crippen molar-refractivity contribution in [2.45, 2.75) is 75.9 Å². The lowest BCUT2D eigenvalue weighted by Crippen LogP contribution is -2.58. The number of benzene rings is 3. The van der Waals surface area contributed by atoms with E-state index in [1.54, 1.807) is 12.3 Å². The number of carbonyl (C=O) groups is 2. The number of aromatic nitrogens is 1. The van der Waals surface area contributed by atoms with Gasteiger partial charge in [-0.15, -0.1) is 0 Å². The fourth-order valence-electron chi connectivity index (χ4n) is 8.62. The molecule has 302 valence electrons. The fourth-order valence-corrected chi connectivity index (χ4v) is 9.13. The van der Waals surface area contributed by atoms with Gasteiger partial charge in [0.15, 0.2) is 0 Å². The van der Waals surface area contributed by atoms with Crippen LogP contribution >= 0.6 is 23.2 Å². The molecule has 3 aliphatic heterocycles. The standard InChI is InChI=1S/C44H45Cl2FN6O5/c45-36-20-30(25-53-14-3-13-44(27-53)42(54)50-43(55)51-44)39(57-26-29-19-28(22-48)23-49-24-29)21-40(36)58-37-10-9-33-32(5-1-6-34(33)37)35-7-2-8-38(41(35)46)56-18-4-15-52-16-11-31(47)12-17-52/h1-2,5-8,19-21,23-24,31,37H,3-4,9-18,25-27H2,(H2,50,51,54,55)/t37-,44?/m0/s1. The lowest BCUT2D eigenvalue weighted by atomic mass is 9.89. The van der Waals surface area contributed by atoms with Crippen molar-refractivity contribution in [3.8, 4) is 34.4 Å². The highest BCUT2D eigenvalue weighted by Crippen LogP contribution is 2.45. The summed E-state index contributed by atoms with van der Waals surface area (Å²) in [6.07, 6.45) is 7.00. The van der Waals surface area contributed by atoms with Crippen molar-refractivity contribution in [1.29, 1.82) is 5.26 Å². The lowest BCUT2D eigenvalue weighted by molar-refractivity contribution is -0.126. The van der Waals surface area contributed by atoms with Gasteiger partial charge in [-0.3, -0.25) is 20.0 Å². The summed E-state index contributed by atoms with van der Waals surface area (Å²) in [5.74, 6) is 1.33. The van der Waals surface area contributed by atoms with E-state index in [0.717, 1.165) is 85.2 Å². The van der Waals surface area contributed by atoms with Crippen LogP contribution in [0.1, 0.15) is 72.4 Å². The first-order chi connectivity index (χ1) is 28.2. The van der Waals surface area contributed by atoms with Crippen molar-refractivity contribution in [1.82, 2.24) is 25.4 Å². The minimum atomic E-state index is -0.976. The highest BCUT2D eigenvalue weighted by atomic mass is 35.5. The van der Waals surface area contributed by atoms with Gasteiger partial charge in [0, 0.05) is 67.9 Å². The number of carbonyl (C=O) groups excluding carboxylic acids is 2. The second-order valence-corrected chi connectivity index (χ2v) is 16.3. The topological polar surface area (TPSA) is 129 Å². The van der Waals surface area contributed by atoms with E-state index in [1.807, 2.05) is 36.4 Å². The van der Waals surface area contributed by atoms with Crippen molar-refractivity contribution >= 4 is 35.1 Å². The molecule has 0 bridgehead atoms. The molecule has 3 amide bonds. The van der Waals surface area contributed by atoms with Crippen LogP contribution in [0.4, 0.5) is 9.18 Å². The first-order valence-corrected chi connectivity index (χ1v) is 20.7. The van der Waals surface area contributed by atoms with E-state index in [2.05, 4.69) is 43.6 Å². The Morgan fingerprint density at radius 2 is 1.78 bits per heavy atom. The van der Waals surface area contributed by atoms with Gasteiger partial charge in [-0.05, 0) is 86.4 Å². The maximum absolute atomic E-state index is 13.5. The molecule has 3 fully saturated rings. The number of halogens is 3. The average Bonchev–Trinajstić information content (AvgIpc) is 3.76. The number of rotatable bonds is 13. The second kappa shape index (κ2) is 17.5. The third-order valence-electron chi connectivity index (χ3n) is 11.5. The van der Waals surface area contributed by atoms with Gasteiger partial charge in [0.2, 0.25) is 0 Å². The predicted octanol–water partition coefficient (Wildman–Crippen LogP) is 7.95. The molecular formula is C44H45Cl2FN6O5. The summed E-state index contributed by atoms with van der Waals surface area (Å²) < 4.78 is 32.8. The molecule has 1 spiro atoms. The molecule has 0 radical (unpaired) electrons. The molecule has 1 aliphatic carbocycles. The average molecular weight is 828 g/mol. The van der Waals surface area contributed by atoms with Gasteiger partial charge in [0.25, 0.3) is 5.91 Å². The first-order valence-electron chi connectivity index (χ1n) is 19.9. The molecule has 4 heterocycles. The van der Waals surface area contributed by atoms with Crippen LogP contribution in [0.2, 0.25) is 10.0 Å². The Labute approximate surface area is 347 Å². The van der Waals surface area contributed by atoms with Gasteiger partial charge in [0.05, 0.1) is 22.2 Å². The van der Waals surface area contributed by atoms with Crippen molar-refractivity contribution < 1.29 is 28.2 Å². The molecule has 3 saturated heterocycles. The lowest BCUT2D eigenvalue weighted by Gasteiger charge is -2.38. The van der Waals surface area contributed by atoms with Crippen LogP contribution in [0.25, 0.3) is 11.1 Å². The van der Waals surface area contributed by atoms with Crippen LogP contribution < -0.4 is 24.8 Å². The largest absolute Gasteiger partial charge is 0.492 e. The minimum absolute atomic E-state index is 0.150. The van der Waals surface area contributed by atoms with E-state index in [-0.39, 0.29) is 18.6 Å². The zero-order valence-electron chi connectivity index (χ0n) is 32.1. The number of ether oxygens (including phenoxy) is 3. The summed E-state index contributed by atoms with van der Waals surface area (Å²) >= 11 is 14.0. The zero-order valence-corrected chi connectivity index (χ0v) is 33.6. The minimum Gasteiger partial charge on any atom is -0.492 e. The van der Waals surface area contributed by atoms with Gasteiger partial charge in [-0.2, -0.15) is 5.26 Å². The SMILES string of the molecule is N#Cc1cncc(COc2cc(O[C@H]3CCc4c(-c5cccc(OCCCN6CCC(F)CC6)c5Cl)cccc43)c(Cl)cc2CN2CCCC3(C2)NC(=O)NC3=O)c1. The number of nitrogens with one attached hydrogen (secondary N) is 2. The number of alkyl halides is 1. The van der Waals surface area contributed by atoms with Crippen LogP contribution in [-0.4, -0.2) is 77.8 Å². The number of pyridine rings is 1. The highest BCUT2D eigenvalue weighted by molar-refractivity contribution is 6.35. The number of hydrogen-bond acceptors (Lipinski definition) is 9. The molecule has 8 rings (SSSR count). The summed E-state index contributed by atoms with van der Waals surface area (Å²) in [6.45, 7) is 4.58. The van der Waals surface area contributed by atoms with E-state index in [4.69, 9.17) is 37.4 Å². The van der Waals surface area contributed by atoms with Gasteiger partial charge in [-0.25, -0.2) is 9.18 Å². The summed E-state index contributed by atoms with van der Waals surface area (Å²) in [4.78, 5) is 33.4. The Hall–Kier alpha value is -4.93. The molecule has 0 saturated carbocycles. The Kier molecular flexibility index (Phi) is 12.0. The fraction of sp³-hybridized carbons (Fsp3) is 0.409.